The Kier molecular flexibility index (Phi) is 4.66. The van der Waals surface area contributed by atoms with E-state index in [0.717, 1.165) is 0 Å². The Morgan fingerprint density at radius 2 is 2.12 bits per heavy atom. The first-order valence-corrected chi connectivity index (χ1v) is 5.30. The molecule has 1 rings (SSSR count). The lowest BCUT2D eigenvalue weighted by molar-refractivity contribution is -0.131. The van der Waals surface area contributed by atoms with Gasteiger partial charge in [-0.1, -0.05) is 12.1 Å². The zero-order valence-corrected chi connectivity index (χ0v) is 9.60. The molecule has 0 bridgehead atoms. The molecule has 0 atom stereocenters. The van der Waals surface area contributed by atoms with E-state index in [9.17, 15) is 9.59 Å². The molecule has 0 heterocycles. The van der Waals surface area contributed by atoms with E-state index in [0.29, 0.717) is 24.9 Å². The van der Waals surface area contributed by atoms with Gasteiger partial charge in [-0.3, -0.25) is 4.79 Å². The van der Waals surface area contributed by atoms with Crippen LogP contribution in [0.1, 0.15) is 29.3 Å². The number of carbonyl (C=O) groups is 2. The van der Waals surface area contributed by atoms with E-state index in [4.69, 9.17) is 15.6 Å². The maximum absolute atomic E-state index is 11.0. The van der Waals surface area contributed by atoms with Crippen molar-refractivity contribution in [1.82, 2.24) is 0 Å². The Morgan fingerprint density at radius 1 is 1.41 bits per heavy atom. The van der Waals surface area contributed by atoms with E-state index in [1.165, 1.54) is 13.0 Å². The van der Waals surface area contributed by atoms with Crippen molar-refractivity contribution < 1.29 is 19.4 Å². The van der Waals surface area contributed by atoms with E-state index in [2.05, 4.69) is 0 Å². The van der Waals surface area contributed by atoms with Crippen molar-refractivity contribution in [1.29, 1.82) is 0 Å². The van der Waals surface area contributed by atoms with Crippen LogP contribution >= 0.6 is 0 Å². The highest BCUT2D eigenvalue weighted by molar-refractivity contribution is 5.92. The zero-order valence-electron chi connectivity index (χ0n) is 9.60. The molecule has 0 saturated carbocycles. The predicted octanol–water partition coefficient (Wildman–Crippen LogP) is 1.20. The molecule has 17 heavy (non-hydrogen) atoms. The predicted molar refractivity (Wildman–Crippen MR) is 62.1 cm³/mol. The highest BCUT2D eigenvalue weighted by Crippen LogP contribution is 2.25. The third-order valence-electron chi connectivity index (χ3n) is 2.22. The van der Waals surface area contributed by atoms with Crippen molar-refractivity contribution in [3.63, 3.8) is 0 Å². The third kappa shape index (κ3) is 3.57. The molecule has 3 N–H and O–H groups in total. The average molecular weight is 237 g/mol. The van der Waals surface area contributed by atoms with Crippen LogP contribution in [-0.2, 0) is 11.2 Å². The van der Waals surface area contributed by atoms with Crippen LogP contribution < -0.4 is 10.5 Å². The number of carboxylic acids is 1. The molecule has 5 nitrogen and oxygen atoms in total. The second kappa shape index (κ2) is 6.00. The smallest absolute Gasteiger partial charge is 0.339 e. The van der Waals surface area contributed by atoms with E-state index < -0.39 is 11.9 Å². The minimum Gasteiger partial charge on any atom is -0.478 e. The SMILES string of the molecule is CC(=O)Oc1c(CCCN)cccc1C(=O)O. The van der Waals surface area contributed by atoms with Gasteiger partial charge in [-0.05, 0) is 31.0 Å². The van der Waals surface area contributed by atoms with Gasteiger partial charge in [0.2, 0.25) is 0 Å². The van der Waals surface area contributed by atoms with Crippen LogP contribution in [0.25, 0.3) is 0 Å². The Morgan fingerprint density at radius 3 is 2.65 bits per heavy atom. The van der Waals surface area contributed by atoms with Gasteiger partial charge in [-0.25, -0.2) is 4.79 Å². The van der Waals surface area contributed by atoms with Gasteiger partial charge >= 0.3 is 11.9 Å². The summed E-state index contributed by atoms with van der Waals surface area (Å²) in [5.41, 5.74) is 6.08. The quantitative estimate of drug-likeness (QED) is 0.593. The summed E-state index contributed by atoms with van der Waals surface area (Å²) in [5.74, 6) is -1.52. The fourth-order valence-corrected chi connectivity index (χ4v) is 1.51. The van der Waals surface area contributed by atoms with Crippen molar-refractivity contribution >= 4 is 11.9 Å². The van der Waals surface area contributed by atoms with Crippen LogP contribution in [0.15, 0.2) is 18.2 Å². The summed E-state index contributed by atoms with van der Waals surface area (Å²) in [5, 5.41) is 9.01. The first-order valence-electron chi connectivity index (χ1n) is 5.30. The number of nitrogens with two attached hydrogens (primary N) is 1. The molecule has 0 aliphatic rings. The van der Waals surface area contributed by atoms with Gasteiger partial charge in [-0.2, -0.15) is 0 Å². The van der Waals surface area contributed by atoms with Gasteiger partial charge in [0.05, 0.1) is 0 Å². The van der Waals surface area contributed by atoms with Crippen LogP contribution in [0, 0.1) is 0 Å². The molecule has 0 unspecified atom stereocenters. The van der Waals surface area contributed by atoms with Gasteiger partial charge in [0.1, 0.15) is 11.3 Å². The van der Waals surface area contributed by atoms with Crippen LogP contribution in [0.4, 0.5) is 0 Å². The first kappa shape index (κ1) is 13.2. The lowest BCUT2D eigenvalue weighted by Gasteiger charge is -2.11. The molecule has 0 aliphatic heterocycles. The second-order valence-electron chi connectivity index (χ2n) is 3.58. The largest absolute Gasteiger partial charge is 0.478 e. The standard InChI is InChI=1S/C12H15NO4/c1-8(14)17-11-9(5-3-7-13)4-2-6-10(11)12(15)16/h2,4,6H,3,5,7,13H2,1H3,(H,15,16). The monoisotopic (exact) mass is 237 g/mol. The summed E-state index contributed by atoms with van der Waals surface area (Å²) in [7, 11) is 0. The number of para-hydroxylation sites is 1. The second-order valence-corrected chi connectivity index (χ2v) is 3.58. The van der Waals surface area contributed by atoms with Crippen molar-refractivity contribution in [2.75, 3.05) is 6.54 Å². The number of aryl methyl sites for hydroxylation is 1. The van der Waals surface area contributed by atoms with Crippen LogP contribution in [0.3, 0.4) is 0 Å². The third-order valence-corrected chi connectivity index (χ3v) is 2.22. The van der Waals surface area contributed by atoms with Crippen molar-refractivity contribution in [3.05, 3.63) is 29.3 Å². The Balaban J connectivity index is 3.14. The molecule has 0 amide bonds. The van der Waals surface area contributed by atoms with E-state index in [1.54, 1.807) is 12.1 Å². The van der Waals surface area contributed by atoms with Crippen LogP contribution in [0.5, 0.6) is 5.75 Å². The maximum Gasteiger partial charge on any atom is 0.339 e. The zero-order chi connectivity index (χ0) is 12.8. The summed E-state index contributed by atoms with van der Waals surface area (Å²) in [6, 6.07) is 4.77. The fraction of sp³-hybridized carbons (Fsp3) is 0.333. The Hall–Kier alpha value is -1.88. The summed E-state index contributed by atoms with van der Waals surface area (Å²) < 4.78 is 4.97. The number of carbonyl (C=O) groups excluding carboxylic acids is 1. The topological polar surface area (TPSA) is 89.6 Å². The molecule has 0 fully saturated rings. The average Bonchev–Trinajstić information content (AvgIpc) is 2.26. The summed E-state index contributed by atoms with van der Waals surface area (Å²) in [6.07, 6.45) is 1.29. The van der Waals surface area contributed by atoms with Crippen molar-refractivity contribution in [3.8, 4) is 5.75 Å². The number of hydrogen-bond donors (Lipinski definition) is 2. The van der Waals surface area contributed by atoms with Crippen molar-refractivity contribution in [2.45, 2.75) is 19.8 Å². The van der Waals surface area contributed by atoms with Gasteiger partial charge in [0.15, 0.2) is 0 Å². The number of carboxylic acid groups (broad SMARTS) is 1. The minimum atomic E-state index is -1.11. The molecule has 92 valence electrons. The number of benzene rings is 1. The molecule has 0 saturated heterocycles. The van der Waals surface area contributed by atoms with Gasteiger partial charge in [-0.15, -0.1) is 0 Å². The highest BCUT2D eigenvalue weighted by atomic mass is 16.5. The lowest BCUT2D eigenvalue weighted by atomic mass is 10.0. The molecule has 0 aliphatic carbocycles. The molecule has 5 heteroatoms. The summed E-state index contributed by atoms with van der Waals surface area (Å²) in [6.45, 7) is 1.74. The lowest BCUT2D eigenvalue weighted by Crippen LogP contribution is -2.10. The number of rotatable bonds is 5. The summed E-state index contributed by atoms with van der Waals surface area (Å²) in [4.78, 5) is 22.0. The van der Waals surface area contributed by atoms with Gasteiger partial charge in [0.25, 0.3) is 0 Å². The molecular formula is C12H15NO4. The number of hydrogen-bond acceptors (Lipinski definition) is 4. The fourth-order valence-electron chi connectivity index (χ4n) is 1.51. The molecule has 0 aromatic heterocycles. The first-order chi connectivity index (χ1) is 8.06. The van der Waals surface area contributed by atoms with Gasteiger partial charge < -0.3 is 15.6 Å². The Labute approximate surface area is 99.2 Å². The Bertz CT molecular complexity index is 429. The maximum atomic E-state index is 11.0. The van der Waals surface area contributed by atoms with Gasteiger partial charge in [0, 0.05) is 6.92 Å². The number of aromatic carboxylic acids is 1. The number of ether oxygens (including phenoxy) is 1. The highest BCUT2D eigenvalue weighted by Gasteiger charge is 2.16. The van der Waals surface area contributed by atoms with Crippen LogP contribution in [0.2, 0.25) is 0 Å². The molecule has 0 radical (unpaired) electrons. The van der Waals surface area contributed by atoms with E-state index >= 15 is 0 Å². The van der Waals surface area contributed by atoms with E-state index in [-0.39, 0.29) is 11.3 Å². The minimum absolute atomic E-state index is 0.00489. The molecule has 1 aromatic carbocycles. The van der Waals surface area contributed by atoms with E-state index in [1.807, 2.05) is 0 Å². The van der Waals surface area contributed by atoms with Crippen LogP contribution in [-0.4, -0.2) is 23.6 Å². The summed E-state index contributed by atoms with van der Waals surface area (Å²) >= 11 is 0. The molecular weight excluding hydrogens is 222 g/mol. The number of esters is 1. The molecule has 0 spiro atoms. The van der Waals surface area contributed by atoms with Crippen molar-refractivity contribution in [2.24, 2.45) is 5.73 Å². The molecule has 1 aromatic rings. The normalized spacial score (nSPS) is 10.0.